The zero-order valence-corrected chi connectivity index (χ0v) is 9.34. The number of hydrogen-bond acceptors (Lipinski definition) is 2. The van der Waals surface area contributed by atoms with E-state index in [1.54, 1.807) is 12.3 Å². The average Bonchev–Trinajstić information content (AvgIpc) is 2.18. The molecule has 0 fully saturated rings. The molecule has 0 amide bonds. The summed E-state index contributed by atoms with van der Waals surface area (Å²) in [4.78, 5) is 15.2. The molecule has 2 aromatic rings. The zero-order chi connectivity index (χ0) is 10.1. The number of fused-ring (bicyclic) bond motifs is 1. The van der Waals surface area contributed by atoms with Crippen LogP contribution in [0.2, 0.25) is 0 Å². The summed E-state index contributed by atoms with van der Waals surface area (Å²) in [6.45, 7) is 0. The van der Waals surface area contributed by atoms with E-state index in [4.69, 9.17) is 11.6 Å². The third-order valence-electron chi connectivity index (χ3n) is 1.92. The topological polar surface area (TPSA) is 30.0 Å². The summed E-state index contributed by atoms with van der Waals surface area (Å²) >= 11 is 8.73. The second-order valence-electron chi connectivity index (χ2n) is 2.78. The number of carbonyl (C=O) groups is 1. The maximum atomic E-state index is 11.0. The first-order valence-electron chi connectivity index (χ1n) is 3.93. The van der Waals surface area contributed by atoms with Gasteiger partial charge in [0.1, 0.15) is 0 Å². The molecule has 0 saturated heterocycles. The summed E-state index contributed by atoms with van der Waals surface area (Å²) < 4.78 is 0.649. The second kappa shape index (κ2) is 3.67. The van der Waals surface area contributed by atoms with Crippen molar-refractivity contribution in [3.8, 4) is 0 Å². The Bertz CT molecular complexity index is 512. The van der Waals surface area contributed by atoms with Gasteiger partial charge < -0.3 is 0 Å². The van der Waals surface area contributed by atoms with Gasteiger partial charge in [-0.15, -0.1) is 0 Å². The molecule has 0 aliphatic heterocycles. The summed E-state index contributed by atoms with van der Waals surface area (Å²) in [5.74, 6) is 0. The van der Waals surface area contributed by atoms with Crippen molar-refractivity contribution >= 4 is 43.7 Å². The number of benzene rings is 1. The number of halogens is 2. The molecule has 0 spiro atoms. The molecule has 14 heavy (non-hydrogen) atoms. The molecule has 1 aromatic carbocycles. The highest BCUT2D eigenvalue weighted by atomic mass is 79.9. The van der Waals surface area contributed by atoms with Gasteiger partial charge in [-0.05, 0) is 39.7 Å². The fourth-order valence-corrected chi connectivity index (χ4v) is 2.18. The summed E-state index contributed by atoms with van der Waals surface area (Å²) in [6.07, 6.45) is 1.68. The first-order valence-corrected chi connectivity index (χ1v) is 5.10. The number of rotatable bonds is 1. The zero-order valence-electron chi connectivity index (χ0n) is 7.00. The van der Waals surface area contributed by atoms with Crippen LogP contribution in [-0.4, -0.2) is 10.2 Å². The van der Waals surface area contributed by atoms with Crippen molar-refractivity contribution in [2.24, 2.45) is 0 Å². The molecule has 0 aliphatic rings. The Morgan fingerprint density at radius 1 is 1.36 bits per heavy atom. The van der Waals surface area contributed by atoms with E-state index in [9.17, 15) is 4.79 Å². The van der Waals surface area contributed by atoms with Gasteiger partial charge in [0.05, 0.1) is 15.6 Å². The predicted molar refractivity (Wildman–Crippen MR) is 59.6 cm³/mol. The largest absolute Gasteiger partial charge is 0.276 e. The van der Waals surface area contributed by atoms with Gasteiger partial charge in [0.15, 0.2) is 0 Å². The molecule has 2 rings (SSSR count). The maximum Gasteiger partial charge on any atom is 0.253 e. The first kappa shape index (κ1) is 9.62. The molecule has 1 heterocycles. The third-order valence-corrected chi connectivity index (χ3v) is 2.93. The van der Waals surface area contributed by atoms with Gasteiger partial charge in [0.2, 0.25) is 0 Å². The SMILES string of the molecule is O=C(Cl)c1ccc2cccnc2c1Br. The average molecular weight is 271 g/mol. The molecule has 0 bridgehead atoms. The number of aromatic nitrogens is 1. The minimum Gasteiger partial charge on any atom is -0.276 e. The van der Waals surface area contributed by atoms with Crippen LogP contribution in [0.25, 0.3) is 10.9 Å². The number of hydrogen-bond donors (Lipinski definition) is 0. The van der Waals surface area contributed by atoms with E-state index in [-0.39, 0.29) is 0 Å². The van der Waals surface area contributed by atoms with E-state index >= 15 is 0 Å². The first-order chi connectivity index (χ1) is 6.70. The van der Waals surface area contributed by atoms with Gasteiger partial charge in [-0.3, -0.25) is 9.78 Å². The van der Waals surface area contributed by atoms with E-state index in [2.05, 4.69) is 20.9 Å². The standard InChI is InChI=1S/C10H5BrClNO/c11-8-7(10(12)14)4-3-6-2-1-5-13-9(6)8/h1-5H. The number of carbonyl (C=O) groups excluding carboxylic acids is 1. The Balaban J connectivity index is 2.81. The van der Waals surface area contributed by atoms with Crippen LogP contribution in [0.15, 0.2) is 34.9 Å². The van der Waals surface area contributed by atoms with Crippen LogP contribution in [0, 0.1) is 0 Å². The lowest BCUT2D eigenvalue weighted by molar-refractivity contribution is 0.108. The lowest BCUT2D eigenvalue weighted by Gasteiger charge is -2.02. The monoisotopic (exact) mass is 269 g/mol. The van der Waals surface area contributed by atoms with E-state index in [1.165, 1.54) is 0 Å². The summed E-state index contributed by atoms with van der Waals surface area (Å²) in [7, 11) is 0. The quantitative estimate of drug-likeness (QED) is 0.744. The van der Waals surface area contributed by atoms with Crippen molar-refractivity contribution in [1.29, 1.82) is 0 Å². The van der Waals surface area contributed by atoms with Crippen molar-refractivity contribution < 1.29 is 4.79 Å². The van der Waals surface area contributed by atoms with Crippen LogP contribution >= 0.6 is 27.5 Å². The Morgan fingerprint density at radius 2 is 2.14 bits per heavy atom. The summed E-state index contributed by atoms with van der Waals surface area (Å²) in [5.41, 5.74) is 1.19. The highest BCUT2D eigenvalue weighted by molar-refractivity contribution is 9.10. The molecule has 1 aromatic heterocycles. The normalized spacial score (nSPS) is 10.4. The van der Waals surface area contributed by atoms with Crippen LogP contribution in [0.5, 0.6) is 0 Å². The van der Waals surface area contributed by atoms with Crippen molar-refractivity contribution in [1.82, 2.24) is 4.98 Å². The van der Waals surface area contributed by atoms with Crippen LogP contribution in [-0.2, 0) is 0 Å². The van der Waals surface area contributed by atoms with Crippen molar-refractivity contribution in [3.05, 3.63) is 40.5 Å². The second-order valence-corrected chi connectivity index (χ2v) is 3.91. The number of pyridine rings is 1. The van der Waals surface area contributed by atoms with Crippen molar-refractivity contribution in [2.45, 2.75) is 0 Å². The van der Waals surface area contributed by atoms with Crippen LogP contribution in [0.4, 0.5) is 0 Å². The minimum atomic E-state index is -0.482. The Labute approximate surface area is 94.0 Å². The number of nitrogens with zero attached hydrogens (tertiary/aromatic N) is 1. The van der Waals surface area contributed by atoms with E-state index in [1.807, 2.05) is 18.2 Å². The molecule has 0 aliphatic carbocycles. The summed E-state index contributed by atoms with van der Waals surface area (Å²) in [6, 6.07) is 7.28. The molecular formula is C10H5BrClNO. The van der Waals surface area contributed by atoms with Crippen LogP contribution in [0.1, 0.15) is 10.4 Å². The fourth-order valence-electron chi connectivity index (χ4n) is 1.26. The van der Waals surface area contributed by atoms with Crippen LogP contribution in [0.3, 0.4) is 0 Å². The van der Waals surface area contributed by atoms with Gasteiger partial charge >= 0.3 is 0 Å². The smallest absolute Gasteiger partial charge is 0.253 e. The van der Waals surface area contributed by atoms with E-state index in [0.717, 1.165) is 10.9 Å². The van der Waals surface area contributed by atoms with Crippen molar-refractivity contribution in [2.75, 3.05) is 0 Å². The fraction of sp³-hybridized carbons (Fsp3) is 0. The van der Waals surface area contributed by atoms with Gasteiger partial charge in [0, 0.05) is 11.6 Å². The van der Waals surface area contributed by atoms with Gasteiger partial charge in [-0.25, -0.2) is 0 Å². The van der Waals surface area contributed by atoms with Gasteiger partial charge in [-0.2, -0.15) is 0 Å². The third kappa shape index (κ3) is 1.53. The molecular weight excluding hydrogens is 265 g/mol. The van der Waals surface area contributed by atoms with Crippen LogP contribution < -0.4 is 0 Å². The Morgan fingerprint density at radius 3 is 2.86 bits per heavy atom. The molecule has 0 unspecified atom stereocenters. The Hall–Kier alpha value is -0.930. The minimum absolute atomic E-state index is 0.442. The van der Waals surface area contributed by atoms with Crippen molar-refractivity contribution in [3.63, 3.8) is 0 Å². The van der Waals surface area contributed by atoms with Gasteiger partial charge in [-0.1, -0.05) is 12.1 Å². The molecule has 0 atom stereocenters. The van der Waals surface area contributed by atoms with Gasteiger partial charge in [0.25, 0.3) is 5.24 Å². The van der Waals surface area contributed by atoms with E-state index < -0.39 is 5.24 Å². The highest BCUT2D eigenvalue weighted by Gasteiger charge is 2.10. The van der Waals surface area contributed by atoms with E-state index in [0.29, 0.717) is 10.0 Å². The maximum absolute atomic E-state index is 11.0. The predicted octanol–water partition coefficient (Wildman–Crippen LogP) is 3.38. The Kier molecular flexibility index (Phi) is 2.52. The molecule has 0 N–H and O–H groups in total. The lowest BCUT2D eigenvalue weighted by atomic mass is 10.1. The molecule has 2 nitrogen and oxygen atoms in total. The molecule has 70 valence electrons. The molecule has 0 saturated carbocycles. The molecule has 0 radical (unpaired) electrons. The highest BCUT2D eigenvalue weighted by Crippen LogP contribution is 2.26. The lowest BCUT2D eigenvalue weighted by Crippen LogP contribution is -1.92. The molecule has 4 heteroatoms. The summed E-state index contributed by atoms with van der Waals surface area (Å²) in [5, 5.41) is 0.491.